The molecule has 0 radical (unpaired) electrons. The van der Waals surface area contributed by atoms with E-state index in [1.807, 2.05) is 6.07 Å². The predicted octanol–water partition coefficient (Wildman–Crippen LogP) is 1.99. The van der Waals surface area contributed by atoms with Crippen molar-refractivity contribution in [1.29, 1.82) is 5.26 Å². The molecule has 1 N–H and O–H groups in total. The number of aromatic nitrogens is 1. The van der Waals surface area contributed by atoms with Crippen LogP contribution in [0.25, 0.3) is 0 Å². The summed E-state index contributed by atoms with van der Waals surface area (Å²) < 4.78 is 27.0. The van der Waals surface area contributed by atoms with Gasteiger partial charge in [0, 0.05) is 18.4 Å². The largest absolute Gasteiger partial charge is 0.265 e. The van der Waals surface area contributed by atoms with E-state index in [0.29, 0.717) is 5.56 Å². The number of sulfonamides is 1. The summed E-state index contributed by atoms with van der Waals surface area (Å²) in [4.78, 5) is 4.03. The van der Waals surface area contributed by atoms with Crippen molar-refractivity contribution in [2.24, 2.45) is 0 Å². The summed E-state index contributed by atoms with van der Waals surface area (Å²) in [7, 11) is -3.61. The van der Waals surface area contributed by atoms with Crippen LogP contribution in [0.1, 0.15) is 24.1 Å². The predicted molar refractivity (Wildman–Crippen MR) is 74.1 cm³/mol. The first-order chi connectivity index (χ1) is 9.53. The van der Waals surface area contributed by atoms with Gasteiger partial charge in [0.1, 0.15) is 0 Å². The van der Waals surface area contributed by atoms with E-state index in [1.54, 1.807) is 31.5 Å². The molecule has 1 aromatic carbocycles. The van der Waals surface area contributed by atoms with Crippen molar-refractivity contribution in [2.75, 3.05) is 0 Å². The topological polar surface area (TPSA) is 82.9 Å². The van der Waals surface area contributed by atoms with Crippen molar-refractivity contribution in [3.63, 3.8) is 0 Å². The van der Waals surface area contributed by atoms with Crippen molar-refractivity contribution in [2.45, 2.75) is 17.9 Å². The average molecular weight is 287 g/mol. The summed E-state index contributed by atoms with van der Waals surface area (Å²) in [5.41, 5.74) is 1.25. The minimum absolute atomic E-state index is 0.136. The van der Waals surface area contributed by atoms with E-state index in [2.05, 4.69) is 9.71 Å². The zero-order valence-corrected chi connectivity index (χ0v) is 11.6. The molecule has 0 saturated heterocycles. The van der Waals surface area contributed by atoms with Gasteiger partial charge < -0.3 is 0 Å². The first kappa shape index (κ1) is 14.2. The smallest absolute Gasteiger partial charge is 0.241 e. The van der Waals surface area contributed by atoms with Gasteiger partial charge in [-0.25, -0.2) is 13.1 Å². The normalized spacial score (nSPS) is 12.6. The Hall–Kier alpha value is -2.23. The Kier molecular flexibility index (Phi) is 4.13. The number of hydrogen-bond donors (Lipinski definition) is 1. The van der Waals surface area contributed by atoms with Crippen molar-refractivity contribution in [1.82, 2.24) is 9.71 Å². The molecule has 5 nitrogen and oxygen atoms in total. The van der Waals surface area contributed by atoms with Gasteiger partial charge in [0.2, 0.25) is 10.0 Å². The van der Waals surface area contributed by atoms with Gasteiger partial charge >= 0.3 is 0 Å². The fourth-order valence-electron chi connectivity index (χ4n) is 1.73. The Morgan fingerprint density at radius 3 is 2.30 bits per heavy atom. The molecule has 0 saturated carbocycles. The van der Waals surface area contributed by atoms with Crippen molar-refractivity contribution in [3.05, 3.63) is 59.9 Å². The zero-order valence-electron chi connectivity index (χ0n) is 10.8. The van der Waals surface area contributed by atoms with Crippen LogP contribution in [0.15, 0.2) is 53.7 Å². The van der Waals surface area contributed by atoms with Crippen LogP contribution in [0.2, 0.25) is 0 Å². The molecule has 1 aromatic heterocycles. The lowest BCUT2D eigenvalue weighted by Gasteiger charge is -2.14. The van der Waals surface area contributed by atoms with Gasteiger partial charge in [0.25, 0.3) is 0 Å². The highest BCUT2D eigenvalue weighted by Crippen LogP contribution is 2.16. The molecule has 1 atom stereocenters. The molecule has 0 fully saturated rings. The minimum Gasteiger partial charge on any atom is -0.265 e. The van der Waals surface area contributed by atoms with Crippen molar-refractivity contribution >= 4 is 10.0 Å². The van der Waals surface area contributed by atoms with Crippen LogP contribution in [-0.2, 0) is 10.0 Å². The molecule has 1 heterocycles. The number of nitrogens with zero attached hydrogens (tertiary/aromatic N) is 2. The zero-order chi connectivity index (χ0) is 14.6. The summed E-state index contributed by atoms with van der Waals surface area (Å²) in [6.45, 7) is 1.76. The Bertz CT molecular complexity index is 719. The highest BCUT2D eigenvalue weighted by atomic mass is 32.2. The lowest BCUT2D eigenvalue weighted by atomic mass is 10.1. The molecule has 0 bridgehead atoms. The van der Waals surface area contributed by atoms with Gasteiger partial charge in [-0.15, -0.1) is 0 Å². The fraction of sp³-hybridized carbons (Fsp3) is 0.143. The maximum Gasteiger partial charge on any atom is 0.241 e. The first-order valence-corrected chi connectivity index (χ1v) is 7.43. The SMILES string of the molecule is CC(NS(=O)(=O)c1ccc(C#N)cc1)c1ccncc1. The molecule has 0 aliphatic carbocycles. The van der Waals surface area contributed by atoms with E-state index in [0.717, 1.165) is 5.56 Å². The maximum absolute atomic E-state index is 12.2. The molecule has 2 aromatic rings. The minimum atomic E-state index is -3.61. The second-order valence-electron chi connectivity index (χ2n) is 4.26. The molecule has 102 valence electrons. The Labute approximate surface area is 118 Å². The second kappa shape index (κ2) is 5.82. The molecular formula is C14H13N3O2S. The van der Waals surface area contributed by atoms with Crippen molar-refractivity contribution in [3.8, 4) is 6.07 Å². The Morgan fingerprint density at radius 1 is 1.15 bits per heavy atom. The molecule has 6 heteroatoms. The van der Waals surface area contributed by atoms with E-state index >= 15 is 0 Å². The van der Waals surface area contributed by atoms with Gasteiger partial charge in [-0.3, -0.25) is 4.98 Å². The van der Waals surface area contributed by atoms with Crippen LogP contribution < -0.4 is 4.72 Å². The van der Waals surface area contributed by atoms with Crippen molar-refractivity contribution < 1.29 is 8.42 Å². The summed E-state index contributed by atoms with van der Waals surface area (Å²) >= 11 is 0. The monoisotopic (exact) mass is 287 g/mol. The molecule has 1 unspecified atom stereocenters. The summed E-state index contributed by atoms with van der Waals surface area (Å²) in [5, 5.41) is 8.70. The van der Waals surface area contributed by atoms with E-state index in [4.69, 9.17) is 5.26 Å². The standard InChI is InChI=1S/C14H13N3O2S/c1-11(13-6-8-16-9-7-13)17-20(18,19)14-4-2-12(10-15)3-5-14/h2-9,11,17H,1H3. The number of pyridine rings is 1. The highest BCUT2D eigenvalue weighted by molar-refractivity contribution is 7.89. The molecule has 0 spiro atoms. The third-order valence-corrected chi connectivity index (χ3v) is 4.39. The fourth-order valence-corrected chi connectivity index (χ4v) is 2.96. The molecule has 2 rings (SSSR count). The third kappa shape index (κ3) is 3.20. The van der Waals surface area contributed by atoms with Gasteiger partial charge in [-0.2, -0.15) is 5.26 Å². The number of nitriles is 1. The van der Waals surface area contributed by atoms with E-state index < -0.39 is 10.0 Å². The third-order valence-electron chi connectivity index (χ3n) is 2.83. The van der Waals surface area contributed by atoms with E-state index in [-0.39, 0.29) is 10.9 Å². The Balaban J connectivity index is 2.21. The lowest BCUT2D eigenvalue weighted by molar-refractivity contribution is 0.567. The van der Waals surface area contributed by atoms with Gasteiger partial charge in [0.15, 0.2) is 0 Å². The van der Waals surface area contributed by atoms with Crippen LogP contribution in [0.5, 0.6) is 0 Å². The maximum atomic E-state index is 12.2. The quantitative estimate of drug-likeness (QED) is 0.932. The lowest BCUT2D eigenvalue weighted by Crippen LogP contribution is -2.26. The summed E-state index contributed by atoms with van der Waals surface area (Å²) in [6.07, 6.45) is 3.23. The van der Waals surface area contributed by atoms with Gasteiger partial charge in [-0.1, -0.05) is 0 Å². The average Bonchev–Trinajstić information content (AvgIpc) is 2.48. The first-order valence-electron chi connectivity index (χ1n) is 5.95. The van der Waals surface area contributed by atoms with Crippen LogP contribution >= 0.6 is 0 Å². The van der Waals surface area contributed by atoms with E-state index in [9.17, 15) is 8.42 Å². The molecule has 0 amide bonds. The van der Waals surface area contributed by atoms with Gasteiger partial charge in [-0.05, 0) is 48.9 Å². The Morgan fingerprint density at radius 2 is 1.75 bits per heavy atom. The van der Waals surface area contributed by atoms with Crippen LogP contribution in [-0.4, -0.2) is 13.4 Å². The van der Waals surface area contributed by atoms with Crippen LogP contribution in [0, 0.1) is 11.3 Å². The van der Waals surface area contributed by atoms with Crippen LogP contribution in [0.3, 0.4) is 0 Å². The molecule has 0 aliphatic heterocycles. The highest BCUT2D eigenvalue weighted by Gasteiger charge is 2.18. The molecule has 20 heavy (non-hydrogen) atoms. The number of rotatable bonds is 4. The van der Waals surface area contributed by atoms with Gasteiger partial charge in [0.05, 0.1) is 16.5 Å². The molecular weight excluding hydrogens is 274 g/mol. The molecule has 0 aliphatic rings. The van der Waals surface area contributed by atoms with Crippen LogP contribution in [0.4, 0.5) is 0 Å². The summed E-state index contributed by atoms with van der Waals surface area (Å²) in [6, 6.07) is 10.9. The summed E-state index contributed by atoms with van der Waals surface area (Å²) in [5.74, 6) is 0. The van der Waals surface area contributed by atoms with E-state index in [1.165, 1.54) is 24.3 Å². The number of benzene rings is 1. The number of nitrogens with one attached hydrogen (secondary N) is 1. The second-order valence-corrected chi connectivity index (χ2v) is 5.97. The number of hydrogen-bond acceptors (Lipinski definition) is 4.